The van der Waals surface area contributed by atoms with Crippen molar-refractivity contribution in [2.24, 2.45) is 0 Å². The number of nitrogens with zero attached hydrogens (tertiary/aromatic N) is 3. The second-order valence-electron chi connectivity index (χ2n) is 3.02. The SMILES string of the molecule is CCc1nc(NC)c2c(=O)[nH]cnc2n1. The Morgan fingerprint density at radius 2 is 2.27 bits per heavy atom. The lowest BCUT2D eigenvalue weighted by Crippen LogP contribution is -2.12. The van der Waals surface area contributed by atoms with E-state index in [9.17, 15) is 4.79 Å². The summed E-state index contributed by atoms with van der Waals surface area (Å²) in [5.74, 6) is 1.19. The van der Waals surface area contributed by atoms with Gasteiger partial charge in [0.2, 0.25) is 0 Å². The lowest BCUT2D eigenvalue weighted by molar-refractivity contribution is 0.948. The van der Waals surface area contributed by atoms with Crippen LogP contribution in [0.3, 0.4) is 0 Å². The Morgan fingerprint density at radius 1 is 1.47 bits per heavy atom. The average molecular weight is 205 g/mol. The van der Waals surface area contributed by atoms with Crippen molar-refractivity contribution in [1.82, 2.24) is 19.9 Å². The number of aromatic nitrogens is 4. The summed E-state index contributed by atoms with van der Waals surface area (Å²) in [6.07, 6.45) is 2.05. The Bertz CT molecular complexity index is 548. The van der Waals surface area contributed by atoms with Crippen molar-refractivity contribution in [3.8, 4) is 0 Å². The Hall–Kier alpha value is -1.98. The summed E-state index contributed by atoms with van der Waals surface area (Å²) in [6.45, 7) is 1.95. The highest BCUT2D eigenvalue weighted by atomic mass is 16.1. The Labute approximate surface area is 85.8 Å². The number of aryl methyl sites for hydroxylation is 1. The lowest BCUT2D eigenvalue weighted by atomic mass is 10.3. The van der Waals surface area contributed by atoms with Crippen LogP contribution in [0.15, 0.2) is 11.1 Å². The number of hydrogen-bond acceptors (Lipinski definition) is 5. The van der Waals surface area contributed by atoms with E-state index in [0.29, 0.717) is 29.1 Å². The molecule has 0 fully saturated rings. The number of anilines is 1. The summed E-state index contributed by atoms with van der Waals surface area (Å²) in [5, 5.41) is 3.27. The first kappa shape index (κ1) is 9.57. The zero-order chi connectivity index (χ0) is 10.8. The van der Waals surface area contributed by atoms with Gasteiger partial charge in [0.25, 0.3) is 5.56 Å². The van der Waals surface area contributed by atoms with E-state index < -0.39 is 0 Å². The third-order valence-electron chi connectivity index (χ3n) is 2.10. The van der Waals surface area contributed by atoms with Gasteiger partial charge in [0, 0.05) is 13.5 Å². The van der Waals surface area contributed by atoms with Crippen LogP contribution in [0.5, 0.6) is 0 Å². The fourth-order valence-electron chi connectivity index (χ4n) is 1.36. The van der Waals surface area contributed by atoms with E-state index in [1.165, 1.54) is 6.33 Å². The summed E-state index contributed by atoms with van der Waals surface area (Å²) in [6, 6.07) is 0. The number of nitrogens with one attached hydrogen (secondary N) is 2. The van der Waals surface area contributed by atoms with Crippen molar-refractivity contribution in [3.63, 3.8) is 0 Å². The van der Waals surface area contributed by atoms with Gasteiger partial charge in [-0.05, 0) is 0 Å². The van der Waals surface area contributed by atoms with Crippen LogP contribution in [0.4, 0.5) is 5.82 Å². The topological polar surface area (TPSA) is 83.6 Å². The van der Waals surface area contributed by atoms with Crippen molar-refractivity contribution in [3.05, 3.63) is 22.5 Å². The van der Waals surface area contributed by atoms with Crippen molar-refractivity contribution < 1.29 is 0 Å². The number of aromatic amines is 1. The molecule has 0 atom stereocenters. The summed E-state index contributed by atoms with van der Waals surface area (Å²) < 4.78 is 0. The number of H-pyrrole nitrogens is 1. The summed E-state index contributed by atoms with van der Waals surface area (Å²) in [7, 11) is 1.72. The molecule has 0 bridgehead atoms. The summed E-state index contributed by atoms with van der Waals surface area (Å²) in [5.41, 5.74) is 0.196. The van der Waals surface area contributed by atoms with Crippen LogP contribution in [0.1, 0.15) is 12.7 Å². The normalized spacial score (nSPS) is 10.5. The second kappa shape index (κ2) is 3.64. The maximum Gasteiger partial charge on any atom is 0.263 e. The fourth-order valence-corrected chi connectivity index (χ4v) is 1.36. The van der Waals surface area contributed by atoms with Gasteiger partial charge >= 0.3 is 0 Å². The highest BCUT2D eigenvalue weighted by molar-refractivity contribution is 5.85. The van der Waals surface area contributed by atoms with E-state index in [1.807, 2.05) is 6.92 Å². The molecule has 15 heavy (non-hydrogen) atoms. The quantitative estimate of drug-likeness (QED) is 0.737. The molecule has 2 rings (SSSR count). The van der Waals surface area contributed by atoms with Gasteiger partial charge in [-0.3, -0.25) is 4.79 Å². The van der Waals surface area contributed by atoms with E-state index >= 15 is 0 Å². The highest BCUT2D eigenvalue weighted by Crippen LogP contribution is 2.13. The second-order valence-corrected chi connectivity index (χ2v) is 3.02. The average Bonchev–Trinajstić information content (AvgIpc) is 2.27. The maximum absolute atomic E-state index is 11.5. The van der Waals surface area contributed by atoms with Crippen LogP contribution in [0, 0.1) is 0 Å². The largest absolute Gasteiger partial charge is 0.372 e. The molecule has 2 heterocycles. The molecule has 2 N–H and O–H groups in total. The molecule has 6 heteroatoms. The predicted molar refractivity (Wildman–Crippen MR) is 56.9 cm³/mol. The van der Waals surface area contributed by atoms with Gasteiger partial charge in [0.15, 0.2) is 5.65 Å². The Morgan fingerprint density at radius 3 is 2.93 bits per heavy atom. The molecular weight excluding hydrogens is 194 g/mol. The molecule has 0 amide bonds. The van der Waals surface area contributed by atoms with E-state index in [4.69, 9.17) is 0 Å². The van der Waals surface area contributed by atoms with Crippen LogP contribution in [-0.2, 0) is 6.42 Å². The van der Waals surface area contributed by atoms with Gasteiger partial charge in [-0.15, -0.1) is 0 Å². The maximum atomic E-state index is 11.5. The smallest absolute Gasteiger partial charge is 0.263 e. The molecule has 78 valence electrons. The van der Waals surface area contributed by atoms with Gasteiger partial charge < -0.3 is 10.3 Å². The fraction of sp³-hybridized carbons (Fsp3) is 0.333. The standard InChI is InChI=1S/C9H11N5O/c1-3-5-13-7(10-2)6-8(14-5)11-4-12-9(6)15/h4H,3H2,1-2H3,(H2,10,11,12,13,14,15). The molecule has 2 aromatic rings. The van der Waals surface area contributed by atoms with Crippen molar-refractivity contribution in [2.75, 3.05) is 12.4 Å². The lowest BCUT2D eigenvalue weighted by Gasteiger charge is -2.04. The van der Waals surface area contributed by atoms with E-state index in [-0.39, 0.29) is 5.56 Å². The van der Waals surface area contributed by atoms with Crippen LogP contribution in [-0.4, -0.2) is 27.0 Å². The van der Waals surface area contributed by atoms with Crippen molar-refractivity contribution in [2.45, 2.75) is 13.3 Å². The molecule has 0 aliphatic rings. The molecule has 6 nitrogen and oxygen atoms in total. The Balaban J connectivity index is 2.87. The highest BCUT2D eigenvalue weighted by Gasteiger charge is 2.09. The predicted octanol–water partition coefficient (Wildman–Crippen LogP) is 0.317. The minimum atomic E-state index is -0.230. The first-order valence-electron chi connectivity index (χ1n) is 4.68. The van der Waals surface area contributed by atoms with E-state index in [0.717, 1.165) is 0 Å². The molecule has 0 spiro atoms. The zero-order valence-corrected chi connectivity index (χ0v) is 8.53. The summed E-state index contributed by atoms with van der Waals surface area (Å²) >= 11 is 0. The van der Waals surface area contributed by atoms with Crippen LogP contribution in [0.2, 0.25) is 0 Å². The first-order chi connectivity index (χ1) is 7.26. The van der Waals surface area contributed by atoms with E-state index in [2.05, 4.69) is 25.3 Å². The number of rotatable bonds is 2. The van der Waals surface area contributed by atoms with Crippen molar-refractivity contribution >= 4 is 16.9 Å². The molecule has 0 radical (unpaired) electrons. The Kier molecular flexibility index (Phi) is 2.32. The van der Waals surface area contributed by atoms with Gasteiger partial charge in [0.1, 0.15) is 17.0 Å². The molecule has 0 unspecified atom stereocenters. The van der Waals surface area contributed by atoms with E-state index in [1.54, 1.807) is 7.05 Å². The minimum Gasteiger partial charge on any atom is -0.372 e. The third kappa shape index (κ3) is 1.54. The number of hydrogen-bond donors (Lipinski definition) is 2. The molecule has 0 aliphatic heterocycles. The molecule has 0 aromatic carbocycles. The molecule has 0 aliphatic carbocycles. The zero-order valence-electron chi connectivity index (χ0n) is 8.53. The number of fused-ring (bicyclic) bond motifs is 1. The van der Waals surface area contributed by atoms with Gasteiger partial charge in [-0.25, -0.2) is 15.0 Å². The van der Waals surface area contributed by atoms with Gasteiger partial charge in [-0.2, -0.15) is 0 Å². The van der Waals surface area contributed by atoms with Crippen LogP contribution >= 0.6 is 0 Å². The van der Waals surface area contributed by atoms with Gasteiger partial charge in [0.05, 0.1) is 6.33 Å². The molecule has 2 aromatic heterocycles. The molecular formula is C9H11N5O. The monoisotopic (exact) mass is 205 g/mol. The van der Waals surface area contributed by atoms with Crippen LogP contribution in [0.25, 0.3) is 11.0 Å². The van der Waals surface area contributed by atoms with Gasteiger partial charge in [-0.1, -0.05) is 6.92 Å². The van der Waals surface area contributed by atoms with Crippen LogP contribution < -0.4 is 10.9 Å². The first-order valence-corrected chi connectivity index (χ1v) is 4.68. The molecule has 0 saturated heterocycles. The molecule has 0 saturated carbocycles. The third-order valence-corrected chi connectivity index (χ3v) is 2.10. The summed E-state index contributed by atoms with van der Waals surface area (Å²) in [4.78, 5) is 26.5. The minimum absolute atomic E-state index is 0.230. The van der Waals surface area contributed by atoms with Crippen molar-refractivity contribution in [1.29, 1.82) is 0 Å².